The van der Waals surface area contributed by atoms with Gasteiger partial charge in [0.25, 0.3) is 11.5 Å². The lowest BCUT2D eigenvalue weighted by Crippen LogP contribution is -2.13. The van der Waals surface area contributed by atoms with Crippen molar-refractivity contribution < 1.29 is 19.4 Å². The van der Waals surface area contributed by atoms with Crippen molar-refractivity contribution in [3.63, 3.8) is 0 Å². The Bertz CT molecular complexity index is 1340. The summed E-state index contributed by atoms with van der Waals surface area (Å²) in [6.07, 6.45) is 1.09. The summed E-state index contributed by atoms with van der Waals surface area (Å²) in [7, 11) is 0. The fourth-order valence-corrected chi connectivity index (χ4v) is 4.09. The fourth-order valence-electron chi connectivity index (χ4n) is 2.87. The second kappa shape index (κ2) is 9.71. The monoisotopic (exact) mass is 472 g/mol. The molecule has 4 N–H and O–H groups in total. The summed E-state index contributed by atoms with van der Waals surface area (Å²) in [5.74, 6) is -1.52. The van der Waals surface area contributed by atoms with E-state index in [0.29, 0.717) is 11.3 Å². The number of nitrogens with one attached hydrogen (secondary N) is 3. The smallest absolute Gasteiger partial charge is 0.341 e. The number of para-hydroxylation sites is 1. The lowest BCUT2D eigenvalue weighted by atomic mass is 10.1. The lowest BCUT2D eigenvalue weighted by Gasteiger charge is -2.07. The van der Waals surface area contributed by atoms with Crippen LogP contribution in [-0.2, 0) is 4.74 Å². The van der Waals surface area contributed by atoms with Crippen molar-refractivity contribution in [1.29, 1.82) is 0 Å². The minimum Gasteiger partial charge on any atom is -0.494 e. The Balaban J connectivity index is 2.05. The standard InChI is InChI=1S/C21H20N4O5S2/c1-4-30-20(29)14-11(3)15(18(28)23-13-8-6-5-7-10(13)2)32-19(14)22-9-12-16(26)24-21(31)25-17(12)27/h5-9H,4H2,1-3H3,(H,23,28)(H3,24,25,26,27,31)/b22-9+. The number of aromatic hydroxyl groups is 1. The van der Waals surface area contributed by atoms with Gasteiger partial charge >= 0.3 is 5.97 Å². The van der Waals surface area contributed by atoms with Crippen molar-refractivity contribution >= 4 is 52.3 Å². The third-order valence-electron chi connectivity index (χ3n) is 4.48. The van der Waals surface area contributed by atoms with E-state index in [2.05, 4.69) is 20.3 Å². The Morgan fingerprint density at radius 1 is 1.28 bits per heavy atom. The number of rotatable bonds is 6. The number of aryl methyl sites for hydroxylation is 1. The number of aromatic nitrogens is 2. The average molecular weight is 473 g/mol. The molecule has 1 amide bonds. The Hall–Kier alpha value is -3.57. The molecule has 0 aliphatic carbocycles. The maximum absolute atomic E-state index is 12.9. The highest BCUT2D eigenvalue weighted by atomic mass is 32.1. The number of aromatic amines is 2. The zero-order valence-electron chi connectivity index (χ0n) is 17.4. The molecular formula is C21H20N4O5S2. The molecule has 2 aromatic heterocycles. The SMILES string of the molecule is CCOC(=O)c1c(/N=C/c2c(O)[nH]c(=S)[nH]c2=O)sc(C(=O)Nc2ccccc2C)c1C. The molecule has 11 heteroatoms. The molecule has 0 spiro atoms. The van der Waals surface area contributed by atoms with E-state index in [9.17, 15) is 19.5 Å². The molecule has 1 aromatic carbocycles. The number of thiophene rings is 1. The highest BCUT2D eigenvalue weighted by molar-refractivity contribution is 7.71. The number of benzene rings is 1. The number of anilines is 1. The highest BCUT2D eigenvalue weighted by Gasteiger charge is 2.26. The summed E-state index contributed by atoms with van der Waals surface area (Å²) in [5, 5.41) is 13.0. The van der Waals surface area contributed by atoms with Gasteiger partial charge in [0, 0.05) is 11.9 Å². The van der Waals surface area contributed by atoms with E-state index in [1.54, 1.807) is 26.0 Å². The van der Waals surface area contributed by atoms with Crippen LogP contribution in [0, 0.1) is 18.6 Å². The zero-order valence-corrected chi connectivity index (χ0v) is 19.1. The molecule has 0 atom stereocenters. The van der Waals surface area contributed by atoms with Gasteiger partial charge in [-0.15, -0.1) is 11.3 Å². The Morgan fingerprint density at radius 3 is 2.66 bits per heavy atom. The zero-order chi connectivity index (χ0) is 23.4. The van der Waals surface area contributed by atoms with Gasteiger partial charge in [-0.2, -0.15) is 0 Å². The molecule has 3 rings (SSSR count). The number of carbonyl (C=O) groups excluding carboxylic acids is 2. The molecule has 0 fully saturated rings. The lowest BCUT2D eigenvalue weighted by molar-refractivity contribution is 0.0527. The van der Waals surface area contributed by atoms with Gasteiger partial charge in [0.05, 0.1) is 11.5 Å². The first-order valence-electron chi connectivity index (χ1n) is 9.50. The van der Waals surface area contributed by atoms with Crippen LogP contribution in [0.25, 0.3) is 0 Å². The topological polar surface area (TPSA) is 137 Å². The van der Waals surface area contributed by atoms with E-state index in [-0.39, 0.29) is 32.4 Å². The van der Waals surface area contributed by atoms with E-state index in [1.807, 2.05) is 19.1 Å². The molecule has 32 heavy (non-hydrogen) atoms. The van der Waals surface area contributed by atoms with Gasteiger partial charge < -0.3 is 20.1 Å². The number of esters is 1. The van der Waals surface area contributed by atoms with Crippen molar-refractivity contribution in [2.45, 2.75) is 20.8 Å². The number of aliphatic imine (C=N–C) groups is 1. The summed E-state index contributed by atoms with van der Waals surface area (Å²) in [4.78, 5) is 46.8. The molecule has 3 aromatic rings. The Morgan fingerprint density at radius 2 is 2.00 bits per heavy atom. The number of amides is 1. The molecule has 2 heterocycles. The van der Waals surface area contributed by atoms with Crippen LogP contribution in [0.3, 0.4) is 0 Å². The average Bonchev–Trinajstić information content (AvgIpc) is 3.05. The van der Waals surface area contributed by atoms with E-state index < -0.39 is 23.3 Å². The van der Waals surface area contributed by atoms with E-state index >= 15 is 0 Å². The van der Waals surface area contributed by atoms with Crippen LogP contribution in [0.15, 0.2) is 34.1 Å². The van der Waals surface area contributed by atoms with Crippen LogP contribution >= 0.6 is 23.6 Å². The molecule has 9 nitrogen and oxygen atoms in total. The van der Waals surface area contributed by atoms with Gasteiger partial charge in [0.2, 0.25) is 5.88 Å². The Labute approximate surface area is 191 Å². The Kier molecular flexibility index (Phi) is 7.01. The summed E-state index contributed by atoms with van der Waals surface area (Å²) in [5.41, 5.74) is 1.21. The van der Waals surface area contributed by atoms with Crippen molar-refractivity contribution in [2.75, 3.05) is 11.9 Å². The summed E-state index contributed by atoms with van der Waals surface area (Å²) in [6, 6.07) is 7.31. The van der Waals surface area contributed by atoms with Crippen LogP contribution < -0.4 is 10.9 Å². The first-order valence-corrected chi connectivity index (χ1v) is 10.7. The number of H-pyrrole nitrogens is 2. The molecule has 0 unspecified atom stereocenters. The maximum atomic E-state index is 12.9. The predicted octanol–water partition coefficient (Wildman–Crippen LogP) is 4.00. The van der Waals surface area contributed by atoms with Crippen molar-refractivity contribution in [1.82, 2.24) is 9.97 Å². The number of nitrogens with zero attached hydrogens (tertiary/aromatic N) is 1. The number of carbonyl (C=O) groups is 2. The van der Waals surface area contributed by atoms with Gasteiger partial charge in [0.15, 0.2) is 4.77 Å². The molecular weight excluding hydrogens is 452 g/mol. The van der Waals surface area contributed by atoms with Gasteiger partial charge in [-0.1, -0.05) is 18.2 Å². The van der Waals surface area contributed by atoms with Gasteiger partial charge in [-0.05, 0) is 50.2 Å². The van der Waals surface area contributed by atoms with E-state index in [0.717, 1.165) is 23.1 Å². The summed E-state index contributed by atoms with van der Waals surface area (Å²) < 4.78 is 5.08. The third-order valence-corrected chi connectivity index (χ3v) is 5.88. The molecule has 0 bridgehead atoms. The molecule has 166 valence electrons. The maximum Gasteiger partial charge on any atom is 0.341 e. The number of hydrogen-bond acceptors (Lipinski definition) is 8. The molecule has 0 aliphatic heterocycles. The van der Waals surface area contributed by atoms with Crippen LogP contribution in [0.5, 0.6) is 5.88 Å². The van der Waals surface area contributed by atoms with Crippen LogP contribution in [0.4, 0.5) is 10.7 Å². The van der Waals surface area contributed by atoms with Crippen LogP contribution in [0.2, 0.25) is 0 Å². The summed E-state index contributed by atoms with van der Waals surface area (Å²) in [6.45, 7) is 5.29. The van der Waals surface area contributed by atoms with Gasteiger partial charge in [-0.25, -0.2) is 9.79 Å². The molecule has 0 aliphatic rings. The third kappa shape index (κ3) is 4.84. The van der Waals surface area contributed by atoms with Crippen molar-refractivity contribution in [2.24, 2.45) is 4.99 Å². The number of hydrogen-bond donors (Lipinski definition) is 4. The summed E-state index contributed by atoms with van der Waals surface area (Å²) >= 11 is 5.77. The van der Waals surface area contributed by atoms with Crippen LogP contribution in [0.1, 0.15) is 43.6 Å². The van der Waals surface area contributed by atoms with Gasteiger partial charge in [-0.3, -0.25) is 14.6 Å². The second-order valence-electron chi connectivity index (χ2n) is 6.65. The first-order chi connectivity index (χ1) is 15.2. The molecule has 0 radical (unpaired) electrons. The predicted molar refractivity (Wildman–Crippen MR) is 125 cm³/mol. The second-order valence-corrected chi connectivity index (χ2v) is 8.06. The molecule has 0 saturated carbocycles. The van der Waals surface area contributed by atoms with E-state index in [4.69, 9.17) is 17.0 Å². The first kappa shape index (κ1) is 23.1. The number of ether oxygens (including phenoxy) is 1. The van der Waals surface area contributed by atoms with Crippen LogP contribution in [-0.4, -0.2) is 39.8 Å². The minimum atomic E-state index is -0.654. The largest absolute Gasteiger partial charge is 0.494 e. The molecule has 0 saturated heterocycles. The quantitative estimate of drug-likeness (QED) is 0.243. The highest BCUT2D eigenvalue weighted by Crippen LogP contribution is 2.36. The van der Waals surface area contributed by atoms with E-state index in [1.165, 1.54) is 0 Å². The van der Waals surface area contributed by atoms with Crippen molar-refractivity contribution in [3.05, 3.63) is 66.5 Å². The minimum absolute atomic E-state index is 0.0426. The fraction of sp³-hybridized carbons (Fsp3) is 0.190. The normalized spacial score (nSPS) is 11.0. The van der Waals surface area contributed by atoms with Gasteiger partial charge in [0.1, 0.15) is 16.1 Å². The van der Waals surface area contributed by atoms with Crippen molar-refractivity contribution in [3.8, 4) is 5.88 Å².